The summed E-state index contributed by atoms with van der Waals surface area (Å²) in [5.41, 5.74) is 1.75. The molecule has 0 radical (unpaired) electrons. The predicted octanol–water partition coefficient (Wildman–Crippen LogP) is 1.80. The van der Waals surface area contributed by atoms with Gasteiger partial charge in [0.25, 0.3) is 0 Å². The smallest absolute Gasteiger partial charge is 0.168 e. The van der Waals surface area contributed by atoms with Gasteiger partial charge in [0, 0.05) is 25.2 Å². The van der Waals surface area contributed by atoms with Crippen LogP contribution in [-0.4, -0.2) is 23.9 Å². The number of hydrogen-bond acceptors (Lipinski definition) is 3. The molecule has 1 aromatic rings. The monoisotopic (exact) mass is 190 g/mol. The van der Waals surface area contributed by atoms with E-state index in [9.17, 15) is 4.79 Å². The second-order valence-corrected chi connectivity index (χ2v) is 3.58. The molecular formula is C11H14N2O. The van der Waals surface area contributed by atoms with Crippen molar-refractivity contribution >= 4 is 11.6 Å². The molecule has 0 bridgehead atoms. The lowest BCUT2D eigenvalue weighted by atomic mass is 10.0. The van der Waals surface area contributed by atoms with Crippen molar-refractivity contribution in [1.82, 2.24) is 4.98 Å². The van der Waals surface area contributed by atoms with Gasteiger partial charge in [-0.1, -0.05) is 0 Å². The molecule has 1 aliphatic rings. The lowest BCUT2D eigenvalue weighted by molar-refractivity contribution is 0.0979. The normalized spacial score (nSPS) is 15.6. The van der Waals surface area contributed by atoms with Crippen LogP contribution in [0.3, 0.4) is 0 Å². The van der Waals surface area contributed by atoms with E-state index in [-0.39, 0.29) is 5.78 Å². The van der Waals surface area contributed by atoms with Crippen molar-refractivity contribution in [1.29, 1.82) is 0 Å². The number of rotatable bonds is 1. The minimum absolute atomic E-state index is 0.220. The summed E-state index contributed by atoms with van der Waals surface area (Å²) in [6.07, 6.45) is 0.617. The SMILES string of the molecule is CCN1CCC(=O)c2ccc(C)nc21. The van der Waals surface area contributed by atoms with Crippen molar-refractivity contribution in [3.63, 3.8) is 0 Å². The van der Waals surface area contributed by atoms with Crippen LogP contribution in [0, 0.1) is 6.92 Å². The van der Waals surface area contributed by atoms with Gasteiger partial charge in [-0.2, -0.15) is 0 Å². The number of carbonyl (C=O) groups is 1. The first-order valence-electron chi connectivity index (χ1n) is 4.98. The fourth-order valence-electron chi connectivity index (χ4n) is 1.79. The Hall–Kier alpha value is -1.38. The fraction of sp³-hybridized carbons (Fsp3) is 0.455. The van der Waals surface area contributed by atoms with Crippen LogP contribution in [0.2, 0.25) is 0 Å². The zero-order valence-corrected chi connectivity index (χ0v) is 8.58. The molecule has 0 amide bonds. The molecule has 2 rings (SSSR count). The zero-order chi connectivity index (χ0) is 10.1. The minimum atomic E-state index is 0.220. The van der Waals surface area contributed by atoms with Crippen LogP contribution in [0.25, 0.3) is 0 Å². The lowest BCUT2D eigenvalue weighted by Gasteiger charge is -2.28. The topological polar surface area (TPSA) is 33.2 Å². The molecule has 0 saturated carbocycles. The molecule has 2 heterocycles. The van der Waals surface area contributed by atoms with Gasteiger partial charge in [-0.3, -0.25) is 4.79 Å². The van der Waals surface area contributed by atoms with Crippen molar-refractivity contribution in [2.24, 2.45) is 0 Å². The maximum absolute atomic E-state index is 11.6. The number of carbonyl (C=O) groups excluding carboxylic acids is 1. The molecule has 0 fully saturated rings. The first kappa shape index (κ1) is 9.19. The molecule has 0 N–H and O–H groups in total. The van der Waals surface area contributed by atoms with Gasteiger partial charge >= 0.3 is 0 Å². The highest BCUT2D eigenvalue weighted by atomic mass is 16.1. The Morgan fingerprint density at radius 3 is 3.00 bits per heavy atom. The van der Waals surface area contributed by atoms with Crippen LogP contribution in [0.1, 0.15) is 29.4 Å². The molecule has 3 nitrogen and oxygen atoms in total. The van der Waals surface area contributed by atoms with E-state index in [1.54, 1.807) is 0 Å². The standard InChI is InChI=1S/C11H14N2O/c1-3-13-7-6-10(14)9-5-4-8(2)12-11(9)13/h4-5H,3,6-7H2,1-2H3. The number of Topliss-reactive ketones (excluding diaryl/α,β-unsaturated/α-hetero) is 1. The summed E-state index contributed by atoms with van der Waals surface area (Å²) < 4.78 is 0. The van der Waals surface area contributed by atoms with Gasteiger partial charge in [-0.25, -0.2) is 4.98 Å². The lowest BCUT2D eigenvalue weighted by Crippen LogP contribution is -2.32. The third-order valence-corrected chi connectivity index (χ3v) is 2.60. The Bertz CT molecular complexity index is 374. The summed E-state index contributed by atoms with van der Waals surface area (Å²) >= 11 is 0. The molecule has 1 aliphatic heterocycles. The van der Waals surface area contributed by atoms with Gasteiger partial charge in [0.05, 0.1) is 5.56 Å². The largest absolute Gasteiger partial charge is 0.356 e. The Balaban J connectivity index is 2.51. The van der Waals surface area contributed by atoms with Crippen LogP contribution in [0.5, 0.6) is 0 Å². The fourth-order valence-corrected chi connectivity index (χ4v) is 1.79. The second kappa shape index (κ2) is 3.40. The summed E-state index contributed by atoms with van der Waals surface area (Å²) in [5.74, 6) is 1.08. The second-order valence-electron chi connectivity index (χ2n) is 3.58. The number of aromatic nitrogens is 1. The van der Waals surface area contributed by atoms with Crippen molar-refractivity contribution in [3.8, 4) is 0 Å². The highest BCUT2D eigenvalue weighted by Gasteiger charge is 2.22. The first-order chi connectivity index (χ1) is 6.72. The third-order valence-electron chi connectivity index (χ3n) is 2.60. The van der Waals surface area contributed by atoms with Crippen LogP contribution < -0.4 is 4.90 Å². The molecule has 0 saturated heterocycles. The minimum Gasteiger partial charge on any atom is -0.356 e. The van der Waals surface area contributed by atoms with Crippen molar-refractivity contribution in [2.75, 3.05) is 18.0 Å². The van der Waals surface area contributed by atoms with Crippen molar-refractivity contribution in [3.05, 3.63) is 23.4 Å². The summed E-state index contributed by atoms with van der Waals surface area (Å²) in [5, 5.41) is 0. The van der Waals surface area contributed by atoms with Gasteiger partial charge < -0.3 is 4.90 Å². The number of hydrogen-bond donors (Lipinski definition) is 0. The molecular weight excluding hydrogens is 176 g/mol. The van der Waals surface area contributed by atoms with E-state index >= 15 is 0 Å². The molecule has 0 aliphatic carbocycles. The molecule has 0 spiro atoms. The maximum Gasteiger partial charge on any atom is 0.168 e. The van der Waals surface area contributed by atoms with Crippen LogP contribution in [0.4, 0.5) is 5.82 Å². The quantitative estimate of drug-likeness (QED) is 0.677. The Kier molecular flexibility index (Phi) is 2.23. The molecule has 1 aromatic heterocycles. The van der Waals surface area contributed by atoms with Crippen LogP contribution in [0.15, 0.2) is 12.1 Å². The number of fused-ring (bicyclic) bond motifs is 1. The maximum atomic E-state index is 11.6. The van der Waals surface area contributed by atoms with E-state index in [4.69, 9.17) is 0 Å². The van der Waals surface area contributed by atoms with Crippen LogP contribution >= 0.6 is 0 Å². The molecule has 0 unspecified atom stereocenters. The average molecular weight is 190 g/mol. The molecule has 0 aromatic carbocycles. The van der Waals surface area contributed by atoms with E-state index < -0.39 is 0 Å². The van der Waals surface area contributed by atoms with E-state index in [1.807, 2.05) is 19.1 Å². The number of aryl methyl sites for hydroxylation is 1. The van der Waals surface area contributed by atoms with Crippen molar-refractivity contribution in [2.45, 2.75) is 20.3 Å². The van der Waals surface area contributed by atoms with E-state index in [0.29, 0.717) is 6.42 Å². The highest BCUT2D eigenvalue weighted by Crippen LogP contribution is 2.24. The number of pyridine rings is 1. The van der Waals surface area contributed by atoms with E-state index in [2.05, 4.69) is 16.8 Å². The zero-order valence-electron chi connectivity index (χ0n) is 8.58. The van der Waals surface area contributed by atoms with Gasteiger partial charge in [0.2, 0.25) is 0 Å². The Morgan fingerprint density at radius 2 is 2.29 bits per heavy atom. The van der Waals surface area contributed by atoms with Crippen molar-refractivity contribution < 1.29 is 4.79 Å². The van der Waals surface area contributed by atoms with Crippen LogP contribution in [-0.2, 0) is 0 Å². The summed E-state index contributed by atoms with van der Waals surface area (Å²) in [6, 6.07) is 3.79. The molecule has 3 heteroatoms. The van der Waals surface area contributed by atoms with Gasteiger partial charge in [-0.05, 0) is 26.0 Å². The Morgan fingerprint density at radius 1 is 1.50 bits per heavy atom. The van der Waals surface area contributed by atoms with E-state index in [1.165, 1.54) is 0 Å². The third kappa shape index (κ3) is 1.39. The molecule has 74 valence electrons. The number of ketones is 1. The van der Waals surface area contributed by atoms with Gasteiger partial charge in [-0.15, -0.1) is 0 Å². The van der Waals surface area contributed by atoms with Gasteiger partial charge in [0.1, 0.15) is 5.82 Å². The molecule has 14 heavy (non-hydrogen) atoms. The molecule has 0 atom stereocenters. The number of anilines is 1. The Labute approximate surface area is 83.8 Å². The summed E-state index contributed by atoms with van der Waals surface area (Å²) in [7, 11) is 0. The van der Waals surface area contributed by atoms with Gasteiger partial charge in [0.15, 0.2) is 5.78 Å². The predicted molar refractivity (Wildman–Crippen MR) is 55.8 cm³/mol. The highest BCUT2D eigenvalue weighted by molar-refractivity contribution is 6.02. The van der Waals surface area contributed by atoms with E-state index in [0.717, 1.165) is 30.2 Å². The summed E-state index contributed by atoms with van der Waals surface area (Å²) in [4.78, 5) is 18.2. The average Bonchev–Trinajstić information content (AvgIpc) is 2.18. The number of nitrogens with zero attached hydrogens (tertiary/aromatic N) is 2. The first-order valence-corrected chi connectivity index (χ1v) is 4.98. The summed E-state index contributed by atoms with van der Waals surface area (Å²) in [6.45, 7) is 5.76.